The second-order valence-corrected chi connectivity index (χ2v) is 12.1. The van der Waals surface area contributed by atoms with Crippen molar-refractivity contribution < 1.29 is 41.4 Å². The van der Waals surface area contributed by atoms with E-state index >= 15 is 0 Å². The molecule has 1 atom stereocenters. The van der Waals surface area contributed by atoms with Gasteiger partial charge < -0.3 is 15.2 Å². The molecule has 4 fully saturated rings. The first kappa shape index (κ1) is 28.4. The number of carbonyl (C=O) groups excluding carboxylic acids is 1. The van der Waals surface area contributed by atoms with E-state index in [0.717, 1.165) is 50.7 Å². The van der Waals surface area contributed by atoms with Gasteiger partial charge in [0.2, 0.25) is 0 Å². The van der Waals surface area contributed by atoms with Gasteiger partial charge in [0.1, 0.15) is 18.2 Å². The number of hydrogen-bond acceptors (Lipinski definition) is 4. The number of fused-ring (bicyclic) bond motifs is 1. The van der Waals surface area contributed by atoms with Gasteiger partial charge in [0, 0.05) is 22.6 Å². The van der Waals surface area contributed by atoms with Gasteiger partial charge in [-0.1, -0.05) is 36.4 Å². The number of rotatable bonds is 8. The number of pyridine rings is 1. The Labute approximate surface area is 238 Å². The van der Waals surface area contributed by atoms with Crippen LogP contribution in [0, 0.1) is 23.2 Å². The van der Waals surface area contributed by atoms with Crippen molar-refractivity contribution >= 4 is 22.8 Å². The summed E-state index contributed by atoms with van der Waals surface area (Å²) in [6.07, 6.45) is 1.41. The van der Waals surface area contributed by atoms with Gasteiger partial charge in [-0.3, -0.25) is 9.78 Å². The lowest BCUT2D eigenvalue weighted by molar-refractivity contribution is -0.289. The third kappa shape index (κ3) is 4.96. The number of nitrogens with zero attached hydrogens (tertiary/aromatic N) is 1. The quantitative estimate of drug-likeness (QED) is 0.281. The van der Waals surface area contributed by atoms with E-state index in [2.05, 4.69) is 10.3 Å². The Hall–Kier alpha value is -3.76. The molecule has 2 aromatic carbocycles. The number of carbonyl (C=O) groups is 2. The van der Waals surface area contributed by atoms with Crippen molar-refractivity contribution in [1.82, 2.24) is 10.3 Å². The number of halogens is 5. The maximum absolute atomic E-state index is 13.7. The van der Waals surface area contributed by atoms with Gasteiger partial charge in [-0.2, -0.15) is 22.0 Å². The van der Waals surface area contributed by atoms with Crippen LogP contribution >= 0.6 is 0 Å². The Morgan fingerprint density at radius 1 is 0.952 bits per heavy atom. The van der Waals surface area contributed by atoms with Gasteiger partial charge >= 0.3 is 18.1 Å². The Balaban J connectivity index is 1.27. The van der Waals surface area contributed by atoms with E-state index in [1.54, 1.807) is 18.2 Å². The number of aromatic nitrogens is 1. The molecule has 0 saturated heterocycles. The molecule has 3 aromatic rings. The molecule has 2 N–H and O–H groups in total. The van der Waals surface area contributed by atoms with Crippen LogP contribution in [0.4, 0.5) is 22.0 Å². The summed E-state index contributed by atoms with van der Waals surface area (Å²) in [6, 6.07) is 9.11. The van der Waals surface area contributed by atoms with Gasteiger partial charge in [0.05, 0.1) is 5.56 Å². The topological polar surface area (TPSA) is 88.5 Å². The van der Waals surface area contributed by atoms with Crippen LogP contribution in [-0.2, 0) is 17.3 Å². The normalized spacial score (nSPS) is 25.8. The smallest absolute Gasteiger partial charge is 0.458 e. The SMILES string of the molecule is O=C(N[C@H](C(=O)O)C12CC3CC(CC(C3)C1)C2)c1ccc2cccnc2c1OCc1ccc(C(F)(F)C(F)(F)F)cc1. The minimum absolute atomic E-state index is 0.0532. The Kier molecular flexibility index (Phi) is 6.89. The zero-order valence-electron chi connectivity index (χ0n) is 22.5. The molecule has 1 heterocycles. The van der Waals surface area contributed by atoms with Crippen LogP contribution in [0.25, 0.3) is 10.9 Å². The first-order chi connectivity index (χ1) is 19.9. The minimum Gasteiger partial charge on any atom is -0.486 e. The largest absolute Gasteiger partial charge is 0.486 e. The van der Waals surface area contributed by atoms with Crippen LogP contribution in [0.15, 0.2) is 54.7 Å². The van der Waals surface area contributed by atoms with E-state index in [1.807, 2.05) is 0 Å². The Morgan fingerprint density at radius 3 is 2.14 bits per heavy atom. The molecule has 0 spiro atoms. The molecule has 4 aliphatic rings. The van der Waals surface area contributed by atoms with Crippen LogP contribution < -0.4 is 10.1 Å². The lowest BCUT2D eigenvalue weighted by Crippen LogP contribution is -2.59. The summed E-state index contributed by atoms with van der Waals surface area (Å²) < 4.78 is 71.6. The maximum Gasteiger partial charge on any atom is 0.458 e. The summed E-state index contributed by atoms with van der Waals surface area (Å²) in [7, 11) is 0. The monoisotopic (exact) mass is 588 g/mol. The number of carboxylic acids is 1. The summed E-state index contributed by atoms with van der Waals surface area (Å²) in [6.45, 7) is -0.259. The van der Waals surface area contributed by atoms with E-state index in [1.165, 1.54) is 12.3 Å². The van der Waals surface area contributed by atoms with E-state index < -0.39 is 41.0 Å². The molecule has 4 aliphatic carbocycles. The molecule has 0 unspecified atom stereocenters. The molecular weight excluding hydrogens is 559 g/mol. The number of hydrogen-bond donors (Lipinski definition) is 2. The molecule has 42 heavy (non-hydrogen) atoms. The van der Waals surface area contributed by atoms with E-state index in [-0.39, 0.29) is 23.5 Å². The highest BCUT2D eigenvalue weighted by atomic mass is 19.4. The average molecular weight is 589 g/mol. The lowest BCUT2D eigenvalue weighted by Gasteiger charge is -2.58. The summed E-state index contributed by atoms with van der Waals surface area (Å²) in [4.78, 5) is 30.6. The molecule has 1 amide bonds. The van der Waals surface area contributed by atoms with Crippen LogP contribution in [0.2, 0.25) is 0 Å². The number of carboxylic acid groups (broad SMARTS) is 1. The van der Waals surface area contributed by atoms with Gasteiger partial charge in [-0.25, -0.2) is 4.79 Å². The molecule has 7 rings (SSSR count). The molecule has 6 nitrogen and oxygen atoms in total. The van der Waals surface area contributed by atoms with Crippen LogP contribution in [0.1, 0.15) is 60.0 Å². The maximum atomic E-state index is 13.7. The Bertz CT molecular complexity index is 1490. The number of alkyl halides is 5. The van der Waals surface area contributed by atoms with Crippen molar-refractivity contribution in [1.29, 1.82) is 0 Å². The predicted octanol–water partition coefficient (Wildman–Crippen LogP) is 6.87. The van der Waals surface area contributed by atoms with E-state index in [0.29, 0.717) is 40.8 Å². The van der Waals surface area contributed by atoms with Gasteiger partial charge in [-0.15, -0.1) is 0 Å². The lowest BCUT2D eigenvalue weighted by atomic mass is 9.47. The summed E-state index contributed by atoms with van der Waals surface area (Å²) in [5.74, 6) is -5.24. The van der Waals surface area contributed by atoms with Crippen molar-refractivity contribution in [2.24, 2.45) is 23.2 Å². The molecule has 222 valence electrons. The highest BCUT2D eigenvalue weighted by Crippen LogP contribution is 2.61. The second kappa shape index (κ2) is 10.2. The fourth-order valence-electron chi connectivity index (χ4n) is 7.79. The van der Waals surface area contributed by atoms with Gasteiger partial charge in [0.25, 0.3) is 5.91 Å². The molecule has 11 heteroatoms. The third-order valence-electron chi connectivity index (χ3n) is 9.25. The highest BCUT2D eigenvalue weighted by molar-refractivity contribution is 6.04. The highest BCUT2D eigenvalue weighted by Gasteiger charge is 2.59. The third-order valence-corrected chi connectivity index (χ3v) is 9.25. The minimum atomic E-state index is -5.73. The number of ether oxygens (including phenoxy) is 1. The van der Waals surface area contributed by atoms with E-state index in [9.17, 15) is 36.6 Å². The average Bonchev–Trinajstić information content (AvgIpc) is 2.93. The first-order valence-electron chi connectivity index (χ1n) is 13.9. The number of benzene rings is 2. The van der Waals surface area contributed by atoms with Crippen LogP contribution in [0.5, 0.6) is 5.75 Å². The van der Waals surface area contributed by atoms with Gasteiger partial charge in [0.15, 0.2) is 5.75 Å². The zero-order chi connectivity index (χ0) is 29.9. The fraction of sp³-hybridized carbons (Fsp3) is 0.452. The van der Waals surface area contributed by atoms with Crippen LogP contribution in [0.3, 0.4) is 0 Å². The molecule has 0 radical (unpaired) electrons. The van der Waals surface area contributed by atoms with E-state index in [4.69, 9.17) is 4.74 Å². The van der Waals surface area contributed by atoms with Crippen molar-refractivity contribution in [2.45, 2.75) is 63.3 Å². The Morgan fingerprint density at radius 2 is 1.57 bits per heavy atom. The summed E-state index contributed by atoms with van der Waals surface area (Å²) in [5.41, 5.74) is -1.04. The molecular formula is C31H29F5N2O4. The summed E-state index contributed by atoms with van der Waals surface area (Å²) in [5, 5.41) is 13.7. The summed E-state index contributed by atoms with van der Waals surface area (Å²) >= 11 is 0. The zero-order valence-corrected chi connectivity index (χ0v) is 22.5. The number of amides is 1. The second-order valence-electron chi connectivity index (χ2n) is 12.1. The van der Waals surface area contributed by atoms with Crippen molar-refractivity contribution in [3.05, 3.63) is 71.4 Å². The molecule has 4 bridgehead atoms. The van der Waals surface area contributed by atoms with Gasteiger partial charge in [-0.05, 0) is 74.0 Å². The van der Waals surface area contributed by atoms with Crippen molar-refractivity contribution in [3.8, 4) is 5.75 Å². The molecule has 0 aliphatic heterocycles. The van der Waals surface area contributed by atoms with Crippen LogP contribution in [-0.4, -0.2) is 34.2 Å². The molecule has 1 aromatic heterocycles. The first-order valence-corrected chi connectivity index (χ1v) is 13.9. The van der Waals surface area contributed by atoms with Crippen molar-refractivity contribution in [2.75, 3.05) is 0 Å². The van der Waals surface area contributed by atoms with Crippen molar-refractivity contribution in [3.63, 3.8) is 0 Å². The standard InChI is InChI=1S/C31H29F5N2O4/c32-30(33,31(34,35)36)22-6-3-17(4-7-22)16-42-25-23(8-5-21-2-1-9-37-24(21)25)27(39)38-26(28(40)41)29-13-18-10-19(14-29)12-20(11-18)15-29/h1-9,18-20,26H,10-16H2,(H,38,39)(H,40,41)/t18?,19?,20?,26-,29?/m1/s1. The fourth-order valence-corrected chi connectivity index (χ4v) is 7.79. The predicted molar refractivity (Wildman–Crippen MR) is 142 cm³/mol. The number of aliphatic carboxylic acids is 1. The number of nitrogens with one attached hydrogen (secondary N) is 1. The molecule has 4 saturated carbocycles.